The molecule has 0 radical (unpaired) electrons. The van der Waals surface area contributed by atoms with Crippen molar-refractivity contribution >= 4 is 11.7 Å². The van der Waals surface area contributed by atoms with Crippen molar-refractivity contribution in [3.05, 3.63) is 70.8 Å². The summed E-state index contributed by atoms with van der Waals surface area (Å²) >= 11 is 0. The van der Waals surface area contributed by atoms with Crippen LogP contribution in [0.15, 0.2) is 53.7 Å². The molecule has 0 aromatic heterocycles. The quantitative estimate of drug-likeness (QED) is 0.563. The molecule has 5 nitrogen and oxygen atoms in total. The zero-order valence-corrected chi connectivity index (χ0v) is 17.5. The summed E-state index contributed by atoms with van der Waals surface area (Å²) in [6, 6.07) is 16.4. The smallest absolute Gasteiger partial charge is 0.307 e. The Labute approximate surface area is 173 Å². The van der Waals surface area contributed by atoms with Crippen LogP contribution in [-0.4, -0.2) is 47.4 Å². The van der Waals surface area contributed by atoms with E-state index < -0.39 is 5.97 Å². The largest absolute Gasteiger partial charge is 0.481 e. The first kappa shape index (κ1) is 21.1. The van der Waals surface area contributed by atoms with Gasteiger partial charge < -0.3 is 9.94 Å². The fourth-order valence-electron chi connectivity index (χ4n) is 3.88. The van der Waals surface area contributed by atoms with Gasteiger partial charge in [-0.05, 0) is 51.3 Å². The second-order valence-electron chi connectivity index (χ2n) is 7.92. The minimum Gasteiger partial charge on any atom is -0.481 e. The molecule has 1 aliphatic heterocycles. The molecule has 29 heavy (non-hydrogen) atoms. The number of aryl methyl sites for hydroxylation is 2. The molecule has 2 atom stereocenters. The second kappa shape index (κ2) is 9.70. The lowest BCUT2D eigenvalue weighted by molar-refractivity contribution is -0.143. The molecular formula is C24H30N2O3. The first-order valence-corrected chi connectivity index (χ1v) is 10.3. The topological polar surface area (TPSA) is 62.1 Å². The molecule has 1 fully saturated rings. The van der Waals surface area contributed by atoms with Crippen molar-refractivity contribution in [2.75, 3.05) is 19.6 Å². The minimum atomic E-state index is -0.706. The summed E-state index contributed by atoms with van der Waals surface area (Å²) in [6.45, 7) is 8.29. The molecular weight excluding hydrogens is 364 g/mol. The Morgan fingerprint density at radius 2 is 1.72 bits per heavy atom. The standard InChI is InChI=1S/C24H30N2O3/c1-17-9-4-6-12-21(17)23(22-13-7-5-10-18(22)2)25-29-19(3)15-26-14-8-11-20(16-26)24(27)28/h4-7,9-10,12-13,19-20H,8,11,14-16H2,1-3H3,(H,27,28). The van der Waals surface area contributed by atoms with Gasteiger partial charge in [0.1, 0.15) is 11.8 Å². The van der Waals surface area contributed by atoms with Crippen molar-refractivity contribution in [1.82, 2.24) is 4.90 Å². The predicted molar refractivity (Wildman–Crippen MR) is 115 cm³/mol. The zero-order chi connectivity index (χ0) is 20.8. The molecule has 0 amide bonds. The molecule has 0 aliphatic carbocycles. The number of likely N-dealkylation sites (tertiary alicyclic amines) is 1. The molecule has 3 rings (SSSR count). The molecule has 1 saturated heterocycles. The van der Waals surface area contributed by atoms with Crippen molar-refractivity contribution in [3.8, 4) is 0 Å². The van der Waals surface area contributed by atoms with Gasteiger partial charge in [-0.3, -0.25) is 9.69 Å². The van der Waals surface area contributed by atoms with Crippen LogP contribution in [0, 0.1) is 19.8 Å². The molecule has 5 heteroatoms. The average molecular weight is 395 g/mol. The highest BCUT2D eigenvalue weighted by Crippen LogP contribution is 2.20. The van der Waals surface area contributed by atoms with Crippen LogP contribution in [0.25, 0.3) is 0 Å². The van der Waals surface area contributed by atoms with Gasteiger partial charge in [0.05, 0.1) is 5.92 Å². The van der Waals surface area contributed by atoms with Crippen LogP contribution in [0.3, 0.4) is 0 Å². The lowest BCUT2D eigenvalue weighted by Gasteiger charge is -2.31. The molecule has 0 bridgehead atoms. The third kappa shape index (κ3) is 5.45. The SMILES string of the molecule is Cc1ccccc1C(=NOC(C)CN1CCCC(C(=O)O)C1)c1ccccc1C. The van der Waals surface area contributed by atoms with E-state index in [1.165, 1.54) is 0 Å². The van der Waals surface area contributed by atoms with Crippen molar-refractivity contribution in [2.24, 2.45) is 11.1 Å². The van der Waals surface area contributed by atoms with Gasteiger partial charge in [0.25, 0.3) is 0 Å². The van der Waals surface area contributed by atoms with Gasteiger partial charge in [-0.25, -0.2) is 0 Å². The fraction of sp³-hybridized carbons (Fsp3) is 0.417. The predicted octanol–water partition coefficient (Wildman–Crippen LogP) is 4.26. The fourth-order valence-corrected chi connectivity index (χ4v) is 3.88. The van der Waals surface area contributed by atoms with E-state index >= 15 is 0 Å². The Balaban J connectivity index is 1.77. The molecule has 1 N–H and O–H groups in total. The monoisotopic (exact) mass is 394 g/mol. The maximum atomic E-state index is 11.3. The lowest BCUT2D eigenvalue weighted by Crippen LogP contribution is -2.42. The molecule has 0 saturated carbocycles. The molecule has 0 spiro atoms. The Hall–Kier alpha value is -2.66. The van der Waals surface area contributed by atoms with Gasteiger partial charge >= 0.3 is 5.97 Å². The van der Waals surface area contributed by atoms with Crippen LogP contribution >= 0.6 is 0 Å². The molecule has 1 aliphatic rings. The van der Waals surface area contributed by atoms with E-state index in [1.807, 2.05) is 31.2 Å². The van der Waals surface area contributed by atoms with Gasteiger partial charge in [0, 0.05) is 24.2 Å². The third-order valence-electron chi connectivity index (χ3n) is 5.49. The summed E-state index contributed by atoms with van der Waals surface area (Å²) in [4.78, 5) is 19.4. The highest BCUT2D eigenvalue weighted by atomic mass is 16.6. The Kier molecular flexibility index (Phi) is 7.04. The number of aliphatic carboxylic acids is 1. The number of carboxylic acids is 1. The Morgan fingerprint density at radius 1 is 1.14 bits per heavy atom. The summed E-state index contributed by atoms with van der Waals surface area (Å²) < 4.78 is 0. The number of rotatable bonds is 7. The molecule has 2 unspecified atom stereocenters. The summed E-state index contributed by atoms with van der Waals surface area (Å²) in [7, 11) is 0. The number of piperidine rings is 1. The van der Waals surface area contributed by atoms with Crippen molar-refractivity contribution in [2.45, 2.75) is 39.7 Å². The van der Waals surface area contributed by atoms with E-state index in [0.29, 0.717) is 13.1 Å². The van der Waals surface area contributed by atoms with Crippen molar-refractivity contribution < 1.29 is 14.7 Å². The summed E-state index contributed by atoms with van der Waals surface area (Å²) in [5.74, 6) is -0.989. The highest BCUT2D eigenvalue weighted by Gasteiger charge is 2.26. The van der Waals surface area contributed by atoms with Crippen molar-refractivity contribution in [3.63, 3.8) is 0 Å². The summed E-state index contributed by atoms with van der Waals surface area (Å²) in [6.07, 6.45) is 1.53. The maximum absolute atomic E-state index is 11.3. The first-order valence-electron chi connectivity index (χ1n) is 10.3. The second-order valence-corrected chi connectivity index (χ2v) is 7.92. The van der Waals surface area contributed by atoms with Crippen molar-refractivity contribution in [1.29, 1.82) is 0 Å². The average Bonchev–Trinajstić information content (AvgIpc) is 2.70. The minimum absolute atomic E-state index is 0.134. The molecule has 154 valence electrons. The third-order valence-corrected chi connectivity index (χ3v) is 5.49. The number of hydrogen-bond acceptors (Lipinski definition) is 4. The zero-order valence-electron chi connectivity index (χ0n) is 17.5. The van der Waals surface area contributed by atoms with E-state index in [9.17, 15) is 9.90 Å². The van der Waals surface area contributed by atoms with E-state index in [4.69, 9.17) is 4.84 Å². The van der Waals surface area contributed by atoms with E-state index in [2.05, 4.69) is 48.2 Å². The normalized spacial score (nSPS) is 18.1. The number of benzene rings is 2. The number of carboxylic acid groups (broad SMARTS) is 1. The molecule has 1 heterocycles. The van der Waals surface area contributed by atoms with Crippen LogP contribution in [0.4, 0.5) is 0 Å². The molecule has 2 aromatic carbocycles. The van der Waals surface area contributed by atoms with Gasteiger partial charge in [0.2, 0.25) is 0 Å². The van der Waals surface area contributed by atoms with E-state index in [-0.39, 0.29) is 12.0 Å². The van der Waals surface area contributed by atoms with Crippen LogP contribution in [0.5, 0.6) is 0 Å². The number of oxime groups is 1. The summed E-state index contributed by atoms with van der Waals surface area (Å²) in [5.41, 5.74) is 5.23. The van der Waals surface area contributed by atoms with Gasteiger partial charge in [0.15, 0.2) is 0 Å². The maximum Gasteiger partial charge on any atom is 0.307 e. The van der Waals surface area contributed by atoms with Crippen LogP contribution in [0.1, 0.15) is 42.0 Å². The van der Waals surface area contributed by atoms with Gasteiger partial charge in [-0.15, -0.1) is 0 Å². The number of hydrogen-bond donors (Lipinski definition) is 1. The van der Waals surface area contributed by atoms with Gasteiger partial charge in [-0.1, -0.05) is 53.7 Å². The Bertz CT molecular complexity index is 830. The number of nitrogens with zero attached hydrogens (tertiary/aromatic N) is 2. The van der Waals surface area contributed by atoms with Crippen LogP contribution in [0.2, 0.25) is 0 Å². The summed E-state index contributed by atoms with van der Waals surface area (Å²) in [5, 5.41) is 13.9. The lowest BCUT2D eigenvalue weighted by atomic mass is 9.95. The van der Waals surface area contributed by atoms with E-state index in [0.717, 1.165) is 47.4 Å². The first-order chi connectivity index (χ1) is 14.0. The van der Waals surface area contributed by atoms with Gasteiger partial charge in [-0.2, -0.15) is 0 Å². The Morgan fingerprint density at radius 3 is 2.28 bits per heavy atom. The highest BCUT2D eigenvalue weighted by molar-refractivity contribution is 6.14. The molecule has 2 aromatic rings. The van der Waals surface area contributed by atoms with E-state index in [1.54, 1.807) is 0 Å². The van der Waals surface area contributed by atoms with Crippen LogP contribution < -0.4 is 0 Å². The van der Waals surface area contributed by atoms with Crippen LogP contribution in [-0.2, 0) is 9.63 Å². The number of carbonyl (C=O) groups is 1.